The summed E-state index contributed by atoms with van der Waals surface area (Å²) in [6, 6.07) is 6.02. The Morgan fingerprint density at radius 1 is 1.25 bits per heavy atom. The molecule has 24 heavy (non-hydrogen) atoms. The molecule has 1 atom stereocenters. The zero-order valence-corrected chi connectivity index (χ0v) is 13.6. The Balaban J connectivity index is 1.98. The Morgan fingerprint density at radius 2 is 2.08 bits per heavy atom. The number of halogens is 3. The molecule has 0 radical (unpaired) electrons. The summed E-state index contributed by atoms with van der Waals surface area (Å²) in [4.78, 5) is 6.08. The zero-order chi connectivity index (χ0) is 17.2. The first kappa shape index (κ1) is 17.0. The van der Waals surface area contributed by atoms with E-state index in [1.54, 1.807) is 12.1 Å². The van der Waals surface area contributed by atoms with Crippen LogP contribution in [0.25, 0.3) is 10.9 Å². The van der Waals surface area contributed by atoms with Gasteiger partial charge in [0.15, 0.2) is 0 Å². The maximum absolute atomic E-state index is 13.2. The monoisotopic (exact) mass is 338 g/mol. The number of aromatic nitrogens is 1. The van der Waals surface area contributed by atoms with Crippen LogP contribution in [0.15, 0.2) is 30.5 Å². The molecule has 3 nitrogen and oxygen atoms in total. The molecule has 0 aliphatic carbocycles. The molecule has 0 bridgehead atoms. The molecule has 130 valence electrons. The first-order valence-corrected chi connectivity index (χ1v) is 8.32. The molecule has 1 unspecified atom stereocenters. The summed E-state index contributed by atoms with van der Waals surface area (Å²) in [5, 5.41) is 0.532. The second-order valence-electron chi connectivity index (χ2n) is 6.06. The predicted octanol–water partition coefficient (Wildman–Crippen LogP) is 4.65. The van der Waals surface area contributed by atoms with E-state index in [4.69, 9.17) is 4.74 Å². The SMILES string of the molecule is CCN(CC1CCCCO1)c1ccnc2c(C(F)(F)F)cccc12. The highest BCUT2D eigenvalue weighted by Crippen LogP contribution is 2.36. The highest BCUT2D eigenvalue weighted by atomic mass is 19.4. The third kappa shape index (κ3) is 3.48. The largest absolute Gasteiger partial charge is 0.418 e. The number of benzene rings is 1. The fraction of sp³-hybridized carbons (Fsp3) is 0.500. The number of hydrogen-bond donors (Lipinski definition) is 0. The van der Waals surface area contributed by atoms with E-state index >= 15 is 0 Å². The van der Waals surface area contributed by atoms with Crippen molar-refractivity contribution in [3.05, 3.63) is 36.0 Å². The first-order valence-electron chi connectivity index (χ1n) is 8.32. The molecule has 0 amide bonds. The Hall–Kier alpha value is -1.82. The highest BCUT2D eigenvalue weighted by Gasteiger charge is 2.33. The van der Waals surface area contributed by atoms with Crippen LogP contribution in [0.4, 0.5) is 18.9 Å². The van der Waals surface area contributed by atoms with Crippen LogP contribution in [0.3, 0.4) is 0 Å². The van der Waals surface area contributed by atoms with Gasteiger partial charge in [0.05, 0.1) is 17.2 Å². The van der Waals surface area contributed by atoms with Crippen LogP contribution in [0, 0.1) is 0 Å². The predicted molar refractivity (Wildman–Crippen MR) is 88.2 cm³/mol. The van der Waals surface area contributed by atoms with Crippen molar-refractivity contribution in [1.29, 1.82) is 0 Å². The van der Waals surface area contributed by atoms with E-state index in [-0.39, 0.29) is 11.6 Å². The van der Waals surface area contributed by atoms with Crippen molar-refractivity contribution in [2.24, 2.45) is 0 Å². The number of nitrogens with zero attached hydrogens (tertiary/aromatic N) is 2. The molecule has 1 saturated heterocycles. The van der Waals surface area contributed by atoms with Gasteiger partial charge >= 0.3 is 6.18 Å². The van der Waals surface area contributed by atoms with E-state index in [1.165, 1.54) is 12.3 Å². The van der Waals surface area contributed by atoms with Gasteiger partial charge in [0.1, 0.15) is 0 Å². The van der Waals surface area contributed by atoms with Gasteiger partial charge in [0, 0.05) is 37.0 Å². The summed E-state index contributed by atoms with van der Waals surface area (Å²) in [5.41, 5.74) is 0.0973. The molecule has 2 heterocycles. The molecule has 0 saturated carbocycles. The Bertz CT molecular complexity index is 696. The molecule has 1 aromatic carbocycles. The van der Waals surface area contributed by atoms with E-state index in [1.807, 2.05) is 6.92 Å². The van der Waals surface area contributed by atoms with Crippen molar-refractivity contribution in [3.8, 4) is 0 Å². The zero-order valence-electron chi connectivity index (χ0n) is 13.6. The van der Waals surface area contributed by atoms with Gasteiger partial charge in [-0.1, -0.05) is 12.1 Å². The van der Waals surface area contributed by atoms with Gasteiger partial charge in [0.2, 0.25) is 0 Å². The number of ether oxygens (including phenoxy) is 1. The summed E-state index contributed by atoms with van der Waals surface area (Å²) >= 11 is 0. The van der Waals surface area contributed by atoms with Crippen LogP contribution < -0.4 is 4.90 Å². The minimum absolute atomic E-state index is 0.00510. The minimum Gasteiger partial charge on any atom is -0.376 e. The Kier molecular flexibility index (Phi) is 4.94. The van der Waals surface area contributed by atoms with Gasteiger partial charge in [-0.2, -0.15) is 13.2 Å². The molecule has 0 spiro atoms. The summed E-state index contributed by atoms with van der Waals surface area (Å²) in [6.07, 6.45) is 0.389. The van der Waals surface area contributed by atoms with E-state index in [0.29, 0.717) is 18.5 Å². The lowest BCUT2D eigenvalue weighted by molar-refractivity contribution is -0.136. The van der Waals surface area contributed by atoms with E-state index in [0.717, 1.165) is 37.6 Å². The van der Waals surface area contributed by atoms with Crippen molar-refractivity contribution in [1.82, 2.24) is 4.98 Å². The van der Waals surface area contributed by atoms with Crippen LogP contribution in [-0.2, 0) is 10.9 Å². The van der Waals surface area contributed by atoms with Gasteiger partial charge in [-0.3, -0.25) is 4.98 Å². The van der Waals surface area contributed by atoms with Crippen molar-refractivity contribution in [3.63, 3.8) is 0 Å². The van der Waals surface area contributed by atoms with Crippen LogP contribution in [0.1, 0.15) is 31.7 Å². The molecule has 2 aromatic rings. The maximum atomic E-state index is 13.2. The average molecular weight is 338 g/mol. The fourth-order valence-corrected chi connectivity index (χ4v) is 3.26. The summed E-state index contributed by atoms with van der Waals surface area (Å²) in [7, 11) is 0. The third-order valence-corrected chi connectivity index (χ3v) is 4.47. The normalized spacial score (nSPS) is 18.8. The standard InChI is InChI=1S/C18H21F3N2O/c1-2-23(12-13-6-3-4-11-24-13)16-9-10-22-17-14(16)7-5-8-15(17)18(19,20)21/h5,7-10,13H,2-4,6,11-12H2,1H3. The van der Waals surface area contributed by atoms with Crippen LogP contribution >= 0.6 is 0 Å². The minimum atomic E-state index is -4.41. The molecule has 0 N–H and O–H groups in total. The van der Waals surface area contributed by atoms with E-state index < -0.39 is 11.7 Å². The lowest BCUT2D eigenvalue weighted by Crippen LogP contribution is -2.35. The van der Waals surface area contributed by atoms with E-state index in [2.05, 4.69) is 9.88 Å². The number of hydrogen-bond acceptors (Lipinski definition) is 3. The number of para-hydroxylation sites is 1. The number of pyridine rings is 1. The highest BCUT2D eigenvalue weighted by molar-refractivity contribution is 5.93. The van der Waals surface area contributed by atoms with E-state index in [9.17, 15) is 13.2 Å². The van der Waals surface area contributed by atoms with Crippen molar-refractivity contribution < 1.29 is 17.9 Å². The molecular formula is C18H21F3N2O. The number of rotatable bonds is 4. The van der Waals surface area contributed by atoms with Gasteiger partial charge in [-0.15, -0.1) is 0 Å². The number of likely N-dealkylation sites (N-methyl/N-ethyl adjacent to an activating group) is 1. The fourth-order valence-electron chi connectivity index (χ4n) is 3.26. The van der Waals surface area contributed by atoms with Gasteiger partial charge in [0.25, 0.3) is 0 Å². The molecule has 6 heteroatoms. The van der Waals surface area contributed by atoms with Crippen LogP contribution in [-0.4, -0.2) is 30.8 Å². The molecule has 1 aliphatic heterocycles. The van der Waals surface area contributed by atoms with Crippen molar-refractivity contribution in [2.75, 3.05) is 24.6 Å². The quantitative estimate of drug-likeness (QED) is 0.811. The van der Waals surface area contributed by atoms with Gasteiger partial charge < -0.3 is 9.64 Å². The summed E-state index contributed by atoms with van der Waals surface area (Å²) in [5.74, 6) is 0. The Morgan fingerprint density at radius 3 is 2.75 bits per heavy atom. The number of alkyl halides is 3. The smallest absolute Gasteiger partial charge is 0.376 e. The topological polar surface area (TPSA) is 25.4 Å². The molecule has 1 aromatic heterocycles. The Labute approximate surface area is 139 Å². The molecule has 1 fully saturated rings. The average Bonchev–Trinajstić information content (AvgIpc) is 2.59. The molecule has 3 rings (SSSR count). The number of fused-ring (bicyclic) bond motifs is 1. The van der Waals surface area contributed by atoms with Crippen molar-refractivity contribution >= 4 is 16.6 Å². The van der Waals surface area contributed by atoms with Gasteiger partial charge in [-0.05, 0) is 38.3 Å². The lowest BCUT2D eigenvalue weighted by Gasteiger charge is -2.31. The first-order chi connectivity index (χ1) is 11.5. The number of anilines is 1. The summed E-state index contributed by atoms with van der Waals surface area (Å²) < 4.78 is 45.5. The summed E-state index contributed by atoms with van der Waals surface area (Å²) in [6.45, 7) is 4.15. The second-order valence-corrected chi connectivity index (χ2v) is 6.06. The van der Waals surface area contributed by atoms with Gasteiger partial charge in [-0.25, -0.2) is 0 Å². The molecule has 1 aliphatic rings. The maximum Gasteiger partial charge on any atom is 0.418 e. The second kappa shape index (κ2) is 6.97. The third-order valence-electron chi connectivity index (χ3n) is 4.47. The van der Waals surface area contributed by atoms with Crippen LogP contribution in [0.2, 0.25) is 0 Å². The van der Waals surface area contributed by atoms with Crippen LogP contribution in [0.5, 0.6) is 0 Å². The molecular weight excluding hydrogens is 317 g/mol. The van der Waals surface area contributed by atoms with Crippen molar-refractivity contribution in [2.45, 2.75) is 38.5 Å². The lowest BCUT2D eigenvalue weighted by atomic mass is 10.1.